The fraction of sp³-hybridized carbons (Fsp3) is 0.276. The van der Waals surface area contributed by atoms with E-state index in [-0.39, 0.29) is 0 Å². The molecule has 0 atom stereocenters. The number of hydrogen-bond acceptors (Lipinski definition) is 1. The maximum atomic E-state index is 4.76. The molecule has 1 saturated carbocycles. The van der Waals surface area contributed by atoms with Crippen molar-refractivity contribution in [1.29, 1.82) is 0 Å². The Morgan fingerprint density at radius 3 is 2.17 bits per heavy atom. The van der Waals surface area contributed by atoms with E-state index in [1.807, 2.05) is 6.20 Å². The molecule has 30 heavy (non-hydrogen) atoms. The quantitative estimate of drug-likeness (QED) is 0.343. The number of rotatable bonds is 3. The van der Waals surface area contributed by atoms with E-state index in [9.17, 15) is 0 Å². The predicted octanol–water partition coefficient (Wildman–Crippen LogP) is 8.23. The average molecular weight is 392 g/mol. The highest BCUT2D eigenvalue weighted by Gasteiger charge is 2.16. The summed E-state index contributed by atoms with van der Waals surface area (Å²) in [5.74, 6) is 0.733. The standard InChI is InChI=1S/C29H29N/c1-20-7-6-8-21(2)28(20)23-11-13-24(14-12-23)29-27-16-15-25(19-26(27)17-18-30-29)22-9-4-3-5-10-22/h6-8,11-19,22H,3-5,9-10H2,1-2H3. The van der Waals surface area contributed by atoms with E-state index in [1.165, 1.54) is 76.3 Å². The molecule has 1 fully saturated rings. The summed E-state index contributed by atoms with van der Waals surface area (Å²) in [6.45, 7) is 4.37. The van der Waals surface area contributed by atoms with Crippen molar-refractivity contribution in [3.05, 3.63) is 89.6 Å². The van der Waals surface area contributed by atoms with Crippen LogP contribution < -0.4 is 0 Å². The minimum Gasteiger partial charge on any atom is -0.256 e. The Kier molecular flexibility index (Phi) is 5.12. The van der Waals surface area contributed by atoms with Crippen LogP contribution in [0.3, 0.4) is 0 Å². The zero-order valence-electron chi connectivity index (χ0n) is 18.0. The lowest BCUT2D eigenvalue weighted by Crippen LogP contribution is -2.04. The first-order chi connectivity index (χ1) is 14.7. The third-order valence-electron chi connectivity index (χ3n) is 6.79. The van der Waals surface area contributed by atoms with Gasteiger partial charge in [-0.1, -0.05) is 79.9 Å². The van der Waals surface area contributed by atoms with Gasteiger partial charge in [0.05, 0.1) is 5.69 Å². The van der Waals surface area contributed by atoms with Crippen LogP contribution in [0.1, 0.15) is 54.7 Å². The zero-order valence-corrected chi connectivity index (χ0v) is 18.0. The van der Waals surface area contributed by atoms with Crippen LogP contribution in [0.4, 0.5) is 0 Å². The summed E-state index contributed by atoms with van der Waals surface area (Å²) in [4.78, 5) is 4.76. The Labute approximate surface area is 179 Å². The summed E-state index contributed by atoms with van der Waals surface area (Å²) in [6, 6.07) is 24.6. The molecule has 0 saturated heterocycles. The van der Waals surface area contributed by atoms with E-state index in [4.69, 9.17) is 4.98 Å². The molecule has 0 aliphatic heterocycles. The lowest BCUT2D eigenvalue weighted by Gasteiger charge is -2.22. The Morgan fingerprint density at radius 1 is 0.733 bits per heavy atom. The fourth-order valence-corrected chi connectivity index (χ4v) is 5.18. The third-order valence-corrected chi connectivity index (χ3v) is 6.79. The van der Waals surface area contributed by atoms with Crippen LogP contribution in [-0.2, 0) is 0 Å². The number of hydrogen-bond donors (Lipinski definition) is 0. The molecule has 3 aromatic carbocycles. The summed E-state index contributed by atoms with van der Waals surface area (Å²) in [7, 11) is 0. The number of fused-ring (bicyclic) bond motifs is 1. The number of pyridine rings is 1. The van der Waals surface area contributed by atoms with Gasteiger partial charge in [0, 0.05) is 17.1 Å². The molecular formula is C29H29N. The van der Waals surface area contributed by atoms with Crippen molar-refractivity contribution in [2.45, 2.75) is 51.9 Å². The SMILES string of the molecule is Cc1cccc(C)c1-c1ccc(-c2nccc3cc(C4CCCCC4)ccc23)cc1. The van der Waals surface area contributed by atoms with Crippen molar-refractivity contribution >= 4 is 10.8 Å². The summed E-state index contributed by atoms with van der Waals surface area (Å²) in [5, 5.41) is 2.55. The summed E-state index contributed by atoms with van der Waals surface area (Å²) < 4.78 is 0. The molecule has 1 aliphatic rings. The van der Waals surface area contributed by atoms with Gasteiger partial charge in [0.1, 0.15) is 0 Å². The van der Waals surface area contributed by atoms with Crippen LogP contribution in [-0.4, -0.2) is 4.98 Å². The molecule has 150 valence electrons. The highest BCUT2D eigenvalue weighted by Crippen LogP contribution is 2.36. The first kappa shape index (κ1) is 19.1. The van der Waals surface area contributed by atoms with Gasteiger partial charge in [-0.25, -0.2) is 0 Å². The highest BCUT2D eigenvalue weighted by molar-refractivity contribution is 5.95. The molecule has 0 unspecified atom stereocenters. The first-order valence-electron chi connectivity index (χ1n) is 11.3. The molecule has 4 aromatic rings. The molecule has 0 radical (unpaired) electrons. The second kappa shape index (κ2) is 8.07. The van der Waals surface area contributed by atoms with Gasteiger partial charge in [-0.2, -0.15) is 0 Å². The van der Waals surface area contributed by atoms with Crippen molar-refractivity contribution in [1.82, 2.24) is 4.98 Å². The van der Waals surface area contributed by atoms with E-state index >= 15 is 0 Å². The van der Waals surface area contributed by atoms with Gasteiger partial charge in [-0.05, 0) is 71.9 Å². The van der Waals surface area contributed by atoms with E-state index in [1.54, 1.807) is 0 Å². The zero-order chi connectivity index (χ0) is 20.5. The molecule has 0 bridgehead atoms. The third kappa shape index (κ3) is 3.54. The largest absolute Gasteiger partial charge is 0.256 e. The molecule has 1 aromatic heterocycles. The van der Waals surface area contributed by atoms with Crippen LogP contribution in [0.2, 0.25) is 0 Å². The maximum Gasteiger partial charge on any atom is 0.0780 e. The van der Waals surface area contributed by atoms with E-state index in [2.05, 4.69) is 80.6 Å². The average Bonchev–Trinajstić information content (AvgIpc) is 2.79. The molecule has 0 spiro atoms. The molecule has 1 heterocycles. The Bertz CT molecular complexity index is 1160. The molecule has 5 rings (SSSR count). The Morgan fingerprint density at radius 2 is 1.43 bits per heavy atom. The van der Waals surface area contributed by atoms with Crippen molar-refractivity contribution < 1.29 is 0 Å². The van der Waals surface area contributed by atoms with Gasteiger partial charge >= 0.3 is 0 Å². The van der Waals surface area contributed by atoms with Crippen LogP contribution in [0.5, 0.6) is 0 Å². The van der Waals surface area contributed by atoms with Crippen LogP contribution >= 0.6 is 0 Å². The van der Waals surface area contributed by atoms with Crippen molar-refractivity contribution in [3.63, 3.8) is 0 Å². The maximum absolute atomic E-state index is 4.76. The van der Waals surface area contributed by atoms with Gasteiger partial charge in [0.15, 0.2) is 0 Å². The minimum absolute atomic E-state index is 0.733. The normalized spacial score (nSPS) is 14.9. The minimum atomic E-state index is 0.733. The first-order valence-corrected chi connectivity index (χ1v) is 11.3. The van der Waals surface area contributed by atoms with Gasteiger partial charge in [0.2, 0.25) is 0 Å². The summed E-state index contributed by atoms with van der Waals surface area (Å²) in [5.41, 5.74) is 9.02. The molecule has 1 heteroatoms. The monoisotopic (exact) mass is 391 g/mol. The number of nitrogens with zero attached hydrogens (tertiary/aromatic N) is 1. The van der Waals surface area contributed by atoms with Crippen LogP contribution in [0.15, 0.2) is 72.9 Å². The number of benzene rings is 3. The van der Waals surface area contributed by atoms with Gasteiger partial charge in [-0.15, -0.1) is 0 Å². The second-order valence-electron chi connectivity index (χ2n) is 8.82. The number of aromatic nitrogens is 1. The van der Waals surface area contributed by atoms with Crippen LogP contribution in [0.25, 0.3) is 33.2 Å². The highest BCUT2D eigenvalue weighted by atomic mass is 14.7. The molecule has 1 nitrogen and oxygen atoms in total. The molecule has 1 aliphatic carbocycles. The Balaban J connectivity index is 1.51. The topological polar surface area (TPSA) is 12.9 Å². The number of aryl methyl sites for hydroxylation is 2. The second-order valence-corrected chi connectivity index (χ2v) is 8.82. The van der Waals surface area contributed by atoms with Crippen LogP contribution in [0, 0.1) is 13.8 Å². The van der Waals surface area contributed by atoms with Gasteiger partial charge < -0.3 is 0 Å². The van der Waals surface area contributed by atoms with E-state index < -0.39 is 0 Å². The summed E-state index contributed by atoms with van der Waals surface area (Å²) >= 11 is 0. The van der Waals surface area contributed by atoms with Crippen molar-refractivity contribution in [2.24, 2.45) is 0 Å². The fourth-order valence-electron chi connectivity index (χ4n) is 5.18. The van der Waals surface area contributed by atoms with Gasteiger partial charge in [-0.3, -0.25) is 4.98 Å². The molecule has 0 amide bonds. The summed E-state index contributed by atoms with van der Waals surface area (Å²) in [6.07, 6.45) is 8.78. The molecular weight excluding hydrogens is 362 g/mol. The lowest BCUT2D eigenvalue weighted by atomic mass is 9.83. The van der Waals surface area contributed by atoms with E-state index in [0.29, 0.717) is 0 Å². The van der Waals surface area contributed by atoms with Crippen molar-refractivity contribution in [2.75, 3.05) is 0 Å². The Hall–Kier alpha value is -2.93. The van der Waals surface area contributed by atoms with Crippen molar-refractivity contribution in [3.8, 4) is 22.4 Å². The van der Waals surface area contributed by atoms with Gasteiger partial charge in [0.25, 0.3) is 0 Å². The van der Waals surface area contributed by atoms with E-state index in [0.717, 1.165) is 11.6 Å². The smallest absolute Gasteiger partial charge is 0.0780 e. The predicted molar refractivity (Wildman–Crippen MR) is 128 cm³/mol. The lowest BCUT2D eigenvalue weighted by molar-refractivity contribution is 0.444. The molecule has 0 N–H and O–H groups in total.